The number of nitrogens with one attached hydrogen (secondary N) is 1. The minimum atomic E-state index is 0.127. The minimum Gasteiger partial charge on any atom is -0.361 e. The van der Waals surface area contributed by atoms with E-state index in [1.807, 2.05) is 6.07 Å². The van der Waals surface area contributed by atoms with Crippen molar-refractivity contribution in [3.63, 3.8) is 0 Å². The van der Waals surface area contributed by atoms with Crippen LogP contribution in [0.25, 0.3) is 10.9 Å². The molecule has 0 aliphatic heterocycles. The van der Waals surface area contributed by atoms with E-state index in [1.165, 1.54) is 24.8 Å². The summed E-state index contributed by atoms with van der Waals surface area (Å²) in [5.74, 6) is 0.977. The number of rotatable bonds is 1. The van der Waals surface area contributed by atoms with E-state index in [-0.39, 0.29) is 5.43 Å². The Labute approximate surface area is 93.3 Å². The first-order valence-electron chi connectivity index (χ1n) is 5.89. The number of H-pyrrole nitrogens is 1. The Balaban J connectivity index is 1.96. The second-order valence-corrected chi connectivity index (χ2v) is 5.36. The summed E-state index contributed by atoms with van der Waals surface area (Å²) in [5.41, 5.74) is 2.89. The molecule has 0 unspecified atom stereocenters. The third kappa shape index (κ3) is 0.902. The Bertz CT molecular complexity index is 623. The van der Waals surface area contributed by atoms with Gasteiger partial charge in [0.1, 0.15) is 0 Å². The third-order valence-electron chi connectivity index (χ3n) is 4.41. The van der Waals surface area contributed by atoms with E-state index in [9.17, 15) is 4.79 Å². The van der Waals surface area contributed by atoms with Gasteiger partial charge >= 0.3 is 0 Å². The zero-order valence-corrected chi connectivity index (χ0v) is 8.99. The van der Waals surface area contributed by atoms with Crippen LogP contribution < -0.4 is 5.43 Å². The molecule has 0 amide bonds. The van der Waals surface area contributed by atoms with Crippen LogP contribution in [0, 0.1) is 5.92 Å². The first-order valence-corrected chi connectivity index (χ1v) is 5.89. The zero-order valence-electron chi connectivity index (χ0n) is 8.99. The van der Waals surface area contributed by atoms with E-state index >= 15 is 0 Å². The standard InChI is InChI=1S/C14H13NO/c16-13-3-4-15-12-2-1-10(5-11(12)13)14-6-9(7-14)8-14/h1-5,9H,6-8H2,(H,15,16). The highest BCUT2D eigenvalue weighted by Crippen LogP contribution is 2.65. The highest BCUT2D eigenvalue weighted by molar-refractivity contribution is 5.79. The van der Waals surface area contributed by atoms with E-state index in [0.29, 0.717) is 5.41 Å². The largest absolute Gasteiger partial charge is 0.361 e. The number of hydrogen-bond acceptors (Lipinski definition) is 1. The molecule has 0 radical (unpaired) electrons. The van der Waals surface area contributed by atoms with Crippen LogP contribution in [-0.2, 0) is 5.41 Å². The summed E-state index contributed by atoms with van der Waals surface area (Å²) in [5, 5.41) is 0.838. The lowest BCUT2D eigenvalue weighted by atomic mass is 9.42. The van der Waals surface area contributed by atoms with Crippen LogP contribution in [0.15, 0.2) is 35.3 Å². The molecular weight excluding hydrogens is 198 g/mol. The molecule has 3 fully saturated rings. The lowest BCUT2D eigenvalue weighted by Crippen LogP contribution is -2.55. The van der Waals surface area contributed by atoms with Crippen molar-refractivity contribution in [2.24, 2.45) is 5.92 Å². The van der Waals surface area contributed by atoms with Gasteiger partial charge in [-0.15, -0.1) is 0 Å². The zero-order chi connectivity index (χ0) is 10.8. The van der Waals surface area contributed by atoms with Gasteiger partial charge in [-0.25, -0.2) is 0 Å². The van der Waals surface area contributed by atoms with Gasteiger partial charge in [0.2, 0.25) is 0 Å². The van der Waals surface area contributed by atoms with Gasteiger partial charge in [-0.05, 0) is 48.3 Å². The molecule has 16 heavy (non-hydrogen) atoms. The Morgan fingerprint density at radius 1 is 1.19 bits per heavy atom. The molecular formula is C14H13NO. The van der Waals surface area contributed by atoms with Crippen LogP contribution in [0.5, 0.6) is 0 Å². The molecule has 3 saturated carbocycles. The Kier molecular flexibility index (Phi) is 1.37. The first kappa shape index (κ1) is 8.57. The molecule has 1 heterocycles. The van der Waals surface area contributed by atoms with Crippen molar-refractivity contribution >= 4 is 10.9 Å². The average molecular weight is 211 g/mol. The second-order valence-electron chi connectivity index (χ2n) is 5.36. The fourth-order valence-electron chi connectivity index (χ4n) is 3.33. The third-order valence-corrected chi connectivity index (χ3v) is 4.41. The van der Waals surface area contributed by atoms with E-state index in [2.05, 4.69) is 17.1 Å². The molecule has 0 spiro atoms. The Morgan fingerprint density at radius 3 is 2.69 bits per heavy atom. The smallest absolute Gasteiger partial charge is 0.189 e. The summed E-state index contributed by atoms with van der Waals surface area (Å²) in [6.45, 7) is 0. The average Bonchev–Trinajstić information content (AvgIpc) is 2.14. The number of hydrogen-bond donors (Lipinski definition) is 1. The fourth-order valence-corrected chi connectivity index (χ4v) is 3.33. The highest BCUT2D eigenvalue weighted by atomic mass is 16.1. The van der Waals surface area contributed by atoms with Crippen LogP contribution in [0.3, 0.4) is 0 Å². The molecule has 80 valence electrons. The molecule has 3 aliphatic rings. The summed E-state index contributed by atoms with van der Waals surface area (Å²) >= 11 is 0. The van der Waals surface area contributed by atoms with Gasteiger partial charge in [-0.2, -0.15) is 0 Å². The molecule has 1 N–H and O–H groups in total. The maximum atomic E-state index is 11.8. The van der Waals surface area contributed by atoms with Gasteiger partial charge in [0.05, 0.1) is 0 Å². The number of benzene rings is 1. The van der Waals surface area contributed by atoms with Gasteiger partial charge in [0.15, 0.2) is 5.43 Å². The first-order chi connectivity index (χ1) is 7.77. The van der Waals surface area contributed by atoms with Crippen LogP contribution in [-0.4, -0.2) is 4.98 Å². The Hall–Kier alpha value is -1.57. The lowest BCUT2D eigenvalue weighted by Gasteiger charge is -2.62. The van der Waals surface area contributed by atoms with Crippen molar-refractivity contribution in [3.8, 4) is 0 Å². The molecule has 0 saturated heterocycles. The molecule has 2 nitrogen and oxygen atoms in total. The van der Waals surface area contributed by atoms with Crippen molar-refractivity contribution in [2.45, 2.75) is 24.7 Å². The van der Waals surface area contributed by atoms with Gasteiger partial charge in [0.25, 0.3) is 0 Å². The van der Waals surface area contributed by atoms with Crippen molar-refractivity contribution in [1.82, 2.24) is 4.98 Å². The SMILES string of the molecule is O=c1cc[nH]c2ccc(C34CC(C3)C4)cc12. The highest BCUT2D eigenvalue weighted by Gasteiger charge is 2.57. The maximum Gasteiger partial charge on any atom is 0.189 e. The molecule has 2 aromatic rings. The summed E-state index contributed by atoms with van der Waals surface area (Å²) in [6, 6.07) is 7.94. The second kappa shape index (κ2) is 2.57. The van der Waals surface area contributed by atoms with Gasteiger partial charge < -0.3 is 4.98 Å². The van der Waals surface area contributed by atoms with Crippen LogP contribution in [0.4, 0.5) is 0 Å². The number of aromatic amines is 1. The van der Waals surface area contributed by atoms with Crippen molar-refractivity contribution in [3.05, 3.63) is 46.2 Å². The number of pyridine rings is 1. The molecule has 1 aromatic heterocycles. The summed E-state index contributed by atoms with van der Waals surface area (Å²) in [6.07, 6.45) is 5.72. The van der Waals surface area contributed by atoms with Gasteiger partial charge in [0, 0.05) is 23.2 Å². The van der Waals surface area contributed by atoms with Crippen LogP contribution in [0.2, 0.25) is 0 Å². The van der Waals surface area contributed by atoms with E-state index in [0.717, 1.165) is 16.8 Å². The number of aromatic nitrogens is 1. The summed E-state index contributed by atoms with van der Waals surface area (Å²) < 4.78 is 0. The quantitative estimate of drug-likeness (QED) is 0.772. The lowest BCUT2D eigenvalue weighted by molar-refractivity contribution is -0.0272. The maximum absolute atomic E-state index is 11.8. The molecule has 2 heteroatoms. The normalized spacial score (nSPS) is 30.9. The van der Waals surface area contributed by atoms with E-state index in [4.69, 9.17) is 0 Å². The molecule has 2 bridgehead atoms. The van der Waals surface area contributed by atoms with Crippen molar-refractivity contribution in [2.75, 3.05) is 0 Å². The predicted molar refractivity (Wildman–Crippen MR) is 63.6 cm³/mol. The fraction of sp³-hybridized carbons (Fsp3) is 0.357. The molecule has 1 aromatic carbocycles. The van der Waals surface area contributed by atoms with Crippen molar-refractivity contribution < 1.29 is 0 Å². The van der Waals surface area contributed by atoms with Crippen LogP contribution >= 0.6 is 0 Å². The molecule has 5 rings (SSSR count). The summed E-state index contributed by atoms with van der Waals surface area (Å²) in [7, 11) is 0. The predicted octanol–water partition coefficient (Wildman–Crippen LogP) is 2.58. The van der Waals surface area contributed by atoms with Gasteiger partial charge in [-0.1, -0.05) is 6.07 Å². The van der Waals surface area contributed by atoms with Gasteiger partial charge in [-0.3, -0.25) is 4.79 Å². The van der Waals surface area contributed by atoms with E-state index in [1.54, 1.807) is 12.3 Å². The van der Waals surface area contributed by atoms with Crippen LogP contribution in [0.1, 0.15) is 24.8 Å². The monoisotopic (exact) mass is 211 g/mol. The molecule has 3 aliphatic carbocycles. The van der Waals surface area contributed by atoms with E-state index < -0.39 is 0 Å². The Morgan fingerprint density at radius 2 is 2.00 bits per heavy atom. The summed E-state index contributed by atoms with van der Waals surface area (Å²) in [4.78, 5) is 14.9. The number of fused-ring (bicyclic) bond motifs is 1. The minimum absolute atomic E-state index is 0.127. The van der Waals surface area contributed by atoms with Crippen molar-refractivity contribution in [1.29, 1.82) is 0 Å². The molecule has 0 atom stereocenters. The topological polar surface area (TPSA) is 32.9 Å².